The summed E-state index contributed by atoms with van der Waals surface area (Å²) in [5, 5.41) is 21.4. The Morgan fingerprint density at radius 1 is 1.22 bits per heavy atom. The molecule has 0 spiro atoms. The molecule has 0 amide bonds. The van der Waals surface area contributed by atoms with Crippen molar-refractivity contribution in [2.24, 2.45) is 0 Å². The number of rotatable bonds is 7. The average molecular weight is 336 g/mol. The lowest BCUT2D eigenvalue weighted by atomic mass is 10.0. The van der Waals surface area contributed by atoms with Gasteiger partial charge in [-0.05, 0) is 29.3 Å². The molecule has 2 aromatic rings. The van der Waals surface area contributed by atoms with Crippen LogP contribution in [0.4, 0.5) is 0 Å². The molecular formula is C17H18ClNO4. The van der Waals surface area contributed by atoms with Gasteiger partial charge >= 0.3 is 5.97 Å². The van der Waals surface area contributed by atoms with E-state index in [1.807, 2.05) is 42.5 Å². The number of aliphatic carboxylic acids is 1. The Balaban J connectivity index is 2.19. The third-order valence-corrected chi connectivity index (χ3v) is 3.74. The normalized spacial score (nSPS) is 12.0. The van der Waals surface area contributed by atoms with Crippen LogP contribution in [-0.2, 0) is 11.3 Å². The minimum absolute atomic E-state index is 0.279. The number of carbonyl (C=O) groups is 1. The van der Waals surface area contributed by atoms with Crippen LogP contribution in [0.1, 0.15) is 5.56 Å². The van der Waals surface area contributed by atoms with E-state index in [0.29, 0.717) is 10.8 Å². The van der Waals surface area contributed by atoms with Crippen molar-refractivity contribution < 1.29 is 19.7 Å². The highest BCUT2D eigenvalue weighted by molar-refractivity contribution is 6.30. The monoisotopic (exact) mass is 335 g/mol. The summed E-state index contributed by atoms with van der Waals surface area (Å²) in [5.74, 6) is -0.448. The largest absolute Gasteiger partial charge is 0.496 e. The second kappa shape index (κ2) is 7.97. The maximum Gasteiger partial charge on any atom is 0.323 e. The second-order valence-corrected chi connectivity index (χ2v) is 5.42. The lowest BCUT2D eigenvalue weighted by molar-refractivity contribution is -0.140. The fraction of sp³-hybridized carbons (Fsp3) is 0.235. The van der Waals surface area contributed by atoms with E-state index in [4.69, 9.17) is 26.6 Å². The van der Waals surface area contributed by atoms with Crippen LogP contribution in [0.5, 0.6) is 5.75 Å². The van der Waals surface area contributed by atoms with Gasteiger partial charge in [0.1, 0.15) is 11.8 Å². The van der Waals surface area contributed by atoms with Gasteiger partial charge in [-0.25, -0.2) is 0 Å². The van der Waals surface area contributed by atoms with Gasteiger partial charge in [0.05, 0.1) is 13.7 Å². The maximum atomic E-state index is 10.9. The third kappa shape index (κ3) is 4.45. The Labute approximate surface area is 139 Å². The van der Waals surface area contributed by atoms with Crippen LogP contribution >= 0.6 is 11.6 Å². The molecule has 0 radical (unpaired) electrons. The molecule has 2 rings (SSSR count). The summed E-state index contributed by atoms with van der Waals surface area (Å²) in [6, 6.07) is 12.1. The van der Waals surface area contributed by atoms with E-state index in [1.165, 1.54) is 0 Å². The first kappa shape index (κ1) is 17.3. The van der Waals surface area contributed by atoms with Gasteiger partial charge in [0, 0.05) is 17.1 Å². The number of nitrogens with one attached hydrogen (secondary N) is 1. The minimum Gasteiger partial charge on any atom is -0.496 e. The zero-order chi connectivity index (χ0) is 16.8. The fourth-order valence-corrected chi connectivity index (χ4v) is 2.30. The molecule has 0 saturated carbocycles. The van der Waals surface area contributed by atoms with Crippen molar-refractivity contribution in [2.45, 2.75) is 12.6 Å². The maximum absolute atomic E-state index is 10.9. The van der Waals surface area contributed by atoms with Gasteiger partial charge in [-0.3, -0.25) is 10.1 Å². The van der Waals surface area contributed by atoms with E-state index in [1.54, 1.807) is 7.11 Å². The van der Waals surface area contributed by atoms with Crippen molar-refractivity contribution >= 4 is 17.6 Å². The topological polar surface area (TPSA) is 78.8 Å². The highest BCUT2D eigenvalue weighted by atomic mass is 35.5. The van der Waals surface area contributed by atoms with E-state index in [9.17, 15) is 4.79 Å². The van der Waals surface area contributed by atoms with Crippen molar-refractivity contribution in [3.8, 4) is 16.9 Å². The third-order valence-electron chi connectivity index (χ3n) is 3.48. The van der Waals surface area contributed by atoms with Crippen LogP contribution in [-0.4, -0.2) is 35.9 Å². The summed E-state index contributed by atoms with van der Waals surface area (Å²) in [6.45, 7) is -0.192. The molecule has 0 aliphatic heterocycles. The Bertz CT molecular complexity index is 673. The van der Waals surface area contributed by atoms with Gasteiger partial charge in [0.2, 0.25) is 0 Å². The summed E-state index contributed by atoms with van der Waals surface area (Å²) in [5.41, 5.74) is 2.79. The van der Waals surface area contributed by atoms with Gasteiger partial charge < -0.3 is 14.9 Å². The number of ether oxygens (including phenoxy) is 1. The Morgan fingerprint density at radius 2 is 1.87 bits per heavy atom. The average Bonchev–Trinajstić information content (AvgIpc) is 2.56. The van der Waals surface area contributed by atoms with Gasteiger partial charge in [0.15, 0.2) is 0 Å². The Hall–Kier alpha value is -2.08. The molecule has 0 bridgehead atoms. The molecule has 0 saturated heterocycles. The fourth-order valence-electron chi connectivity index (χ4n) is 2.18. The number of carboxylic acids is 1. The number of hydrogen-bond donors (Lipinski definition) is 3. The quantitative estimate of drug-likeness (QED) is 0.724. The van der Waals surface area contributed by atoms with Crippen molar-refractivity contribution in [1.29, 1.82) is 0 Å². The molecule has 2 aromatic carbocycles. The summed E-state index contributed by atoms with van der Waals surface area (Å²) >= 11 is 5.89. The van der Waals surface area contributed by atoms with Crippen molar-refractivity contribution in [1.82, 2.24) is 5.32 Å². The lowest BCUT2D eigenvalue weighted by Crippen LogP contribution is -2.39. The zero-order valence-corrected chi connectivity index (χ0v) is 13.4. The number of hydrogen-bond acceptors (Lipinski definition) is 4. The molecular weight excluding hydrogens is 318 g/mol. The van der Waals surface area contributed by atoms with Gasteiger partial charge in [-0.2, -0.15) is 0 Å². The molecule has 3 N–H and O–H groups in total. The highest BCUT2D eigenvalue weighted by Crippen LogP contribution is 2.28. The smallest absolute Gasteiger partial charge is 0.323 e. The number of aliphatic hydroxyl groups excluding tert-OH is 1. The van der Waals surface area contributed by atoms with E-state index >= 15 is 0 Å². The molecule has 23 heavy (non-hydrogen) atoms. The summed E-state index contributed by atoms with van der Waals surface area (Å²) in [4.78, 5) is 10.9. The molecule has 0 heterocycles. The molecule has 122 valence electrons. The first-order chi connectivity index (χ1) is 11.0. The second-order valence-electron chi connectivity index (χ2n) is 4.99. The van der Waals surface area contributed by atoms with Gasteiger partial charge in [0.25, 0.3) is 0 Å². The Morgan fingerprint density at radius 3 is 2.43 bits per heavy atom. The first-order valence-corrected chi connectivity index (χ1v) is 7.43. The summed E-state index contributed by atoms with van der Waals surface area (Å²) in [6.07, 6.45) is 0. The van der Waals surface area contributed by atoms with E-state index in [-0.39, 0.29) is 6.54 Å². The van der Waals surface area contributed by atoms with Crippen LogP contribution in [0.25, 0.3) is 11.1 Å². The highest BCUT2D eigenvalue weighted by Gasteiger charge is 2.16. The molecule has 6 heteroatoms. The van der Waals surface area contributed by atoms with Gasteiger partial charge in [-0.1, -0.05) is 35.9 Å². The lowest BCUT2D eigenvalue weighted by Gasteiger charge is -2.15. The molecule has 0 aliphatic rings. The summed E-state index contributed by atoms with van der Waals surface area (Å²) in [7, 11) is 1.56. The number of carboxylic acid groups (broad SMARTS) is 1. The van der Waals surface area contributed by atoms with Crippen molar-refractivity contribution in [3.05, 3.63) is 53.1 Å². The number of halogens is 1. The Kier molecular flexibility index (Phi) is 5.98. The standard InChI is InChI=1S/C17H18ClNO4/c1-23-16-8-12(11-4-6-14(18)7-5-11)2-3-13(16)9-19-15(10-20)17(21)22/h2-8,15,19-20H,9-10H2,1H3,(H,21,22)/t15-/m1/s1. The van der Waals surface area contributed by atoms with E-state index < -0.39 is 18.6 Å². The van der Waals surface area contributed by atoms with Crippen molar-refractivity contribution in [3.63, 3.8) is 0 Å². The van der Waals surface area contributed by atoms with Crippen LogP contribution in [0.15, 0.2) is 42.5 Å². The molecule has 1 atom stereocenters. The first-order valence-electron chi connectivity index (χ1n) is 7.05. The van der Waals surface area contributed by atoms with Crippen molar-refractivity contribution in [2.75, 3.05) is 13.7 Å². The molecule has 0 unspecified atom stereocenters. The molecule has 5 nitrogen and oxygen atoms in total. The van der Waals surface area contributed by atoms with Crippen LogP contribution in [0, 0.1) is 0 Å². The predicted molar refractivity (Wildman–Crippen MR) is 88.8 cm³/mol. The number of aliphatic hydroxyl groups is 1. The number of benzene rings is 2. The van der Waals surface area contributed by atoms with E-state index in [2.05, 4.69) is 5.32 Å². The number of methoxy groups -OCH3 is 1. The zero-order valence-electron chi connectivity index (χ0n) is 12.6. The SMILES string of the molecule is COc1cc(-c2ccc(Cl)cc2)ccc1CN[C@H](CO)C(=O)O. The summed E-state index contributed by atoms with van der Waals surface area (Å²) < 4.78 is 5.38. The molecule has 0 aromatic heterocycles. The minimum atomic E-state index is -1.09. The van der Waals surface area contributed by atoms with E-state index in [0.717, 1.165) is 16.7 Å². The van der Waals surface area contributed by atoms with Crippen LogP contribution in [0.3, 0.4) is 0 Å². The van der Waals surface area contributed by atoms with Crippen LogP contribution < -0.4 is 10.1 Å². The molecule has 0 fully saturated rings. The molecule has 0 aliphatic carbocycles. The van der Waals surface area contributed by atoms with Gasteiger partial charge in [-0.15, -0.1) is 0 Å². The predicted octanol–water partition coefficient (Wildman–Crippen LogP) is 2.55. The van der Waals surface area contributed by atoms with Crippen LogP contribution in [0.2, 0.25) is 5.02 Å².